The first-order valence-corrected chi connectivity index (χ1v) is 4.00. The number of hydrogen-bond acceptors (Lipinski definition) is 3. The van der Waals surface area contributed by atoms with Crippen LogP contribution in [0, 0.1) is 0 Å². The van der Waals surface area contributed by atoms with E-state index in [1.54, 1.807) is 0 Å². The highest BCUT2D eigenvalue weighted by atomic mass is 15.3. The summed E-state index contributed by atoms with van der Waals surface area (Å²) in [5.41, 5.74) is 1.20. The van der Waals surface area contributed by atoms with Crippen molar-refractivity contribution in [1.82, 2.24) is 15.1 Å². The second-order valence-electron chi connectivity index (χ2n) is 3.04. The monoisotopic (exact) mass is 168 g/mol. The van der Waals surface area contributed by atoms with E-state index in [0.717, 1.165) is 12.4 Å². The summed E-state index contributed by atoms with van der Waals surface area (Å²) in [6.07, 6.45) is 0. The molecule has 0 amide bonds. The van der Waals surface area contributed by atoms with Crippen molar-refractivity contribution in [3.8, 4) is 0 Å². The summed E-state index contributed by atoms with van der Waals surface area (Å²) in [6, 6.07) is 2.08. The Hall–Kier alpha value is -1.03. The van der Waals surface area contributed by atoms with Gasteiger partial charge in [0.1, 0.15) is 5.82 Å². The summed E-state index contributed by atoms with van der Waals surface area (Å²) in [6.45, 7) is 0.858. The van der Waals surface area contributed by atoms with E-state index in [-0.39, 0.29) is 0 Å². The molecule has 68 valence electrons. The van der Waals surface area contributed by atoms with Gasteiger partial charge >= 0.3 is 0 Å². The number of nitrogens with zero attached hydrogens (tertiary/aromatic N) is 3. The number of anilines is 1. The molecule has 0 saturated carbocycles. The molecule has 0 saturated heterocycles. The van der Waals surface area contributed by atoms with Crippen molar-refractivity contribution >= 4 is 5.82 Å². The van der Waals surface area contributed by atoms with Crippen LogP contribution in [0.4, 0.5) is 5.82 Å². The maximum absolute atomic E-state index is 4.33. The third kappa shape index (κ3) is 1.76. The van der Waals surface area contributed by atoms with Crippen molar-refractivity contribution in [1.29, 1.82) is 0 Å². The molecule has 0 radical (unpaired) electrons. The van der Waals surface area contributed by atoms with E-state index in [9.17, 15) is 0 Å². The zero-order chi connectivity index (χ0) is 9.14. The second kappa shape index (κ2) is 3.58. The topological polar surface area (TPSA) is 33.1 Å². The quantitative estimate of drug-likeness (QED) is 0.700. The minimum atomic E-state index is 0.858. The first-order chi connectivity index (χ1) is 5.65. The first kappa shape index (κ1) is 9.06. The lowest BCUT2D eigenvalue weighted by atomic mass is 10.4. The molecule has 4 heteroatoms. The smallest absolute Gasteiger partial charge is 0.150 e. The van der Waals surface area contributed by atoms with Crippen LogP contribution in [0.15, 0.2) is 6.07 Å². The van der Waals surface area contributed by atoms with Gasteiger partial charge in [0.05, 0.1) is 5.69 Å². The standard InChI is InChI=1S/C8H16N4/c1-9-6-7-5-8(11(2)3)10-12(7)4/h5,9H,6H2,1-4H3. The van der Waals surface area contributed by atoms with E-state index in [1.165, 1.54) is 5.69 Å². The lowest BCUT2D eigenvalue weighted by molar-refractivity contribution is 0.671. The van der Waals surface area contributed by atoms with Crippen LogP contribution in [-0.2, 0) is 13.6 Å². The van der Waals surface area contributed by atoms with E-state index in [0.29, 0.717) is 0 Å². The molecule has 0 spiro atoms. The van der Waals surface area contributed by atoms with Crippen LogP contribution < -0.4 is 10.2 Å². The molecule has 0 unspecified atom stereocenters. The van der Waals surface area contributed by atoms with E-state index >= 15 is 0 Å². The van der Waals surface area contributed by atoms with Gasteiger partial charge in [0, 0.05) is 33.8 Å². The van der Waals surface area contributed by atoms with Crippen molar-refractivity contribution in [3.63, 3.8) is 0 Å². The third-order valence-electron chi connectivity index (χ3n) is 1.78. The van der Waals surface area contributed by atoms with Crippen molar-refractivity contribution in [3.05, 3.63) is 11.8 Å². The molecule has 12 heavy (non-hydrogen) atoms. The number of rotatable bonds is 3. The van der Waals surface area contributed by atoms with Gasteiger partial charge in [0.15, 0.2) is 0 Å². The molecule has 1 N–H and O–H groups in total. The summed E-state index contributed by atoms with van der Waals surface area (Å²) in [5, 5.41) is 7.43. The Balaban J connectivity index is 2.85. The maximum Gasteiger partial charge on any atom is 0.150 e. The van der Waals surface area contributed by atoms with Crippen LogP contribution in [0.3, 0.4) is 0 Å². The summed E-state index contributed by atoms with van der Waals surface area (Å²) in [5.74, 6) is 1.00. The molecule has 0 bridgehead atoms. The Morgan fingerprint density at radius 3 is 2.67 bits per heavy atom. The average Bonchev–Trinajstić information content (AvgIpc) is 2.34. The molecule has 1 heterocycles. The molecule has 0 aliphatic heterocycles. The fourth-order valence-corrected chi connectivity index (χ4v) is 1.05. The van der Waals surface area contributed by atoms with Crippen molar-refractivity contribution < 1.29 is 0 Å². The normalized spacial score (nSPS) is 10.3. The van der Waals surface area contributed by atoms with Crippen LogP contribution in [0.2, 0.25) is 0 Å². The minimum Gasteiger partial charge on any atom is -0.361 e. The molecule has 0 fully saturated rings. The summed E-state index contributed by atoms with van der Waals surface area (Å²) in [7, 11) is 7.87. The molecule has 4 nitrogen and oxygen atoms in total. The van der Waals surface area contributed by atoms with Gasteiger partial charge in [-0.2, -0.15) is 5.10 Å². The maximum atomic E-state index is 4.33. The van der Waals surface area contributed by atoms with E-state index in [1.807, 2.05) is 37.8 Å². The zero-order valence-electron chi connectivity index (χ0n) is 8.13. The van der Waals surface area contributed by atoms with E-state index < -0.39 is 0 Å². The Morgan fingerprint density at radius 2 is 2.25 bits per heavy atom. The summed E-state index contributed by atoms with van der Waals surface area (Å²) < 4.78 is 1.89. The Morgan fingerprint density at radius 1 is 1.58 bits per heavy atom. The van der Waals surface area contributed by atoms with Gasteiger partial charge in [-0.05, 0) is 7.05 Å². The minimum absolute atomic E-state index is 0.858. The van der Waals surface area contributed by atoms with Gasteiger partial charge in [-0.15, -0.1) is 0 Å². The molecule has 0 aliphatic carbocycles. The van der Waals surface area contributed by atoms with Gasteiger partial charge in [-0.3, -0.25) is 4.68 Å². The molecular formula is C8H16N4. The number of aromatic nitrogens is 2. The predicted octanol–water partition coefficient (Wildman–Crippen LogP) is 0.205. The van der Waals surface area contributed by atoms with E-state index in [4.69, 9.17) is 0 Å². The Bertz CT molecular complexity index is 252. The van der Waals surface area contributed by atoms with Crippen LogP contribution in [0.25, 0.3) is 0 Å². The second-order valence-corrected chi connectivity index (χ2v) is 3.04. The number of hydrogen-bond donors (Lipinski definition) is 1. The molecule has 1 aromatic heterocycles. The van der Waals surface area contributed by atoms with Crippen LogP contribution in [-0.4, -0.2) is 30.9 Å². The fraction of sp³-hybridized carbons (Fsp3) is 0.625. The van der Waals surface area contributed by atoms with Gasteiger partial charge in [0.2, 0.25) is 0 Å². The summed E-state index contributed by atoms with van der Waals surface area (Å²) >= 11 is 0. The fourth-order valence-electron chi connectivity index (χ4n) is 1.05. The largest absolute Gasteiger partial charge is 0.361 e. The van der Waals surface area contributed by atoms with Gasteiger partial charge in [-0.25, -0.2) is 0 Å². The zero-order valence-corrected chi connectivity index (χ0v) is 8.13. The van der Waals surface area contributed by atoms with Crippen molar-refractivity contribution in [2.45, 2.75) is 6.54 Å². The lowest BCUT2D eigenvalue weighted by Crippen LogP contribution is -2.10. The Kier molecular flexibility index (Phi) is 2.70. The van der Waals surface area contributed by atoms with Crippen LogP contribution >= 0.6 is 0 Å². The first-order valence-electron chi connectivity index (χ1n) is 4.00. The molecule has 1 rings (SSSR count). The average molecular weight is 168 g/mol. The Labute approximate surface area is 73.2 Å². The number of nitrogens with one attached hydrogen (secondary N) is 1. The highest BCUT2D eigenvalue weighted by Gasteiger charge is 2.04. The highest BCUT2D eigenvalue weighted by molar-refractivity contribution is 5.37. The lowest BCUT2D eigenvalue weighted by Gasteiger charge is -2.05. The molecule has 0 aliphatic rings. The van der Waals surface area contributed by atoms with Crippen molar-refractivity contribution in [2.24, 2.45) is 7.05 Å². The van der Waals surface area contributed by atoms with Crippen LogP contribution in [0.1, 0.15) is 5.69 Å². The molecular weight excluding hydrogens is 152 g/mol. The third-order valence-corrected chi connectivity index (χ3v) is 1.78. The van der Waals surface area contributed by atoms with Crippen molar-refractivity contribution in [2.75, 3.05) is 26.0 Å². The SMILES string of the molecule is CNCc1cc(N(C)C)nn1C. The predicted molar refractivity (Wildman–Crippen MR) is 50.3 cm³/mol. The van der Waals surface area contributed by atoms with E-state index in [2.05, 4.69) is 16.5 Å². The summed E-state index contributed by atoms with van der Waals surface area (Å²) in [4.78, 5) is 2.00. The highest BCUT2D eigenvalue weighted by Crippen LogP contribution is 2.10. The van der Waals surface area contributed by atoms with Gasteiger partial charge < -0.3 is 10.2 Å². The molecule has 1 aromatic rings. The van der Waals surface area contributed by atoms with Gasteiger partial charge in [-0.1, -0.05) is 0 Å². The number of aryl methyl sites for hydroxylation is 1. The van der Waals surface area contributed by atoms with Gasteiger partial charge in [0.25, 0.3) is 0 Å². The molecule has 0 atom stereocenters. The molecule has 0 aromatic carbocycles. The van der Waals surface area contributed by atoms with Crippen LogP contribution in [0.5, 0.6) is 0 Å².